The summed E-state index contributed by atoms with van der Waals surface area (Å²) in [7, 11) is 0. The zero-order valence-corrected chi connectivity index (χ0v) is 9.68. The molecule has 1 rings (SSSR count). The lowest BCUT2D eigenvalue weighted by Crippen LogP contribution is -2.02. The number of non-ortho nitro benzene ring substituents is 1. The Morgan fingerprint density at radius 2 is 2.00 bits per heavy atom. The molecule has 0 saturated carbocycles. The number of benzene rings is 1. The summed E-state index contributed by atoms with van der Waals surface area (Å²) in [5.74, 6) is 2.45. The van der Waals surface area contributed by atoms with Gasteiger partial charge in [0, 0.05) is 25.1 Å². The first-order chi connectivity index (χ1) is 7.56. The van der Waals surface area contributed by atoms with E-state index >= 15 is 0 Å². The molecule has 0 spiro atoms. The average Bonchev–Trinajstić information content (AvgIpc) is 2.21. The molecule has 0 heterocycles. The standard InChI is InChI=1S/C10H8Cl2N2O2/c1-2-3-4-13-10-8(11)5-7(14(15)16)6-9(10)12/h1,5-6,13H,3-4H2. The summed E-state index contributed by atoms with van der Waals surface area (Å²) in [6, 6.07) is 2.48. The van der Waals surface area contributed by atoms with Crippen molar-refractivity contribution in [2.45, 2.75) is 6.42 Å². The normalized spacial score (nSPS) is 9.56. The Bertz CT molecular complexity index is 432. The maximum atomic E-state index is 10.5. The highest BCUT2D eigenvalue weighted by Gasteiger charge is 2.13. The largest absolute Gasteiger partial charge is 0.382 e. The molecule has 1 aromatic carbocycles. The van der Waals surface area contributed by atoms with E-state index in [2.05, 4.69) is 11.2 Å². The second kappa shape index (κ2) is 5.59. The lowest BCUT2D eigenvalue weighted by Gasteiger charge is -2.08. The second-order valence-corrected chi connectivity index (χ2v) is 3.74. The minimum Gasteiger partial charge on any atom is -0.382 e. The first-order valence-electron chi connectivity index (χ1n) is 4.37. The lowest BCUT2D eigenvalue weighted by atomic mass is 10.2. The van der Waals surface area contributed by atoms with Crippen LogP contribution in [0.3, 0.4) is 0 Å². The molecule has 4 nitrogen and oxygen atoms in total. The Kier molecular flexibility index (Phi) is 4.41. The number of nitrogens with zero attached hydrogens (tertiary/aromatic N) is 1. The molecule has 16 heavy (non-hydrogen) atoms. The van der Waals surface area contributed by atoms with Crippen molar-refractivity contribution in [3.05, 3.63) is 32.3 Å². The van der Waals surface area contributed by atoms with Crippen LogP contribution in [0.15, 0.2) is 12.1 Å². The molecule has 0 aliphatic heterocycles. The van der Waals surface area contributed by atoms with E-state index in [4.69, 9.17) is 29.6 Å². The number of nitro groups is 1. The van der Waals surface area contributed by atoms with Gasteiger partial charge >= 0.3 is 0 Å². The fourth-order valence-corrected chi connectivity index (χ4v) is 1.70. The van der Waals surface area contributed by atoms with E-state index in [1.165, 1.54) is 12.1 Å². The first-order valence-corrected chi connectivity index (χ1v) is 5.12. The Hall–Kier alpha value is -1.44. The van der Waals surface area contributed by atoms with Crippen LogP contribution >= 0.6 is 23.2 Å². The van der Waals surface area contributed by atoms with Gasteiger partial charge in [0.2, 0.25) is 0 Å². The van der Waals surface area contributed by atoms with Crippen molar-refractivity contribution in [1.29, 1.82) is 0 Å². The summed E-state index contributed by atoms with van der Waals surface area (Å²) < 4.78 is 0. The molecule has 0 fully saturated rings. The van der Waals surface area contributed by atoms with Gasteiger partial charge in [-0.25, -0.2) is 0 Å². The van der Waals surface area contributed by atoms with Crippen molar-refractivity contribution < 1.29 is 4.92 Å². The number of nitrogens with one attached hydrogen (secondary N) is 1. The Balaban J connectivity index is 2.95. The van der Waals surface area contributed by atoms with Gasteiger partial charge in [0.05, 0.1) is 20.7 Å². The molecule has 1 N–H and O–H groups in total. The van der Waals surface area contributed by atoms with E-state index in [0.29, 0.717) is 18.7 Å². The van der Waals surface area contributed by atoms with Crippen LogP contribution in [0.25, 0.3) is 0 Å². The number of nitro benzene ring substituents is 1. The Morgan fingerprint density at radius 1 is 1.44 bits per heavy atom. The number of terminal acetylenes is 1. The fourth-order valence-electron chi connectivity index (χ4n) is 1.09. The lowest BCUT2D eigenvalue weighted by molar-refractivity contribution is -0.384. The summed E-state index contributed by atoms with van der Waals surface area (Å²) in [5, 5.41) is 13.8. The molecular weight excluding hydrogens is 251 g/mol. The van der Waals surface area contributed by atoms with Gasteiger partial charge in [0.25, 0.3) is 5.69 Å². The Labute approximate surface area is 103 Å². The Morgan fingerprint density at radius 3 is 2.44 bits per heavy atom. The quantitative estimate of drug-likeness (QED) is 0.390. The monoisotopic (exact) mass is 258 g/mol. The van der Waals surface area contributed by atoms with E-state index in [1.807, 2.05) is 0 Å². The maximum absolute atomic E-state index is 10.5. The zero-order valence-electron chi connectivity index (χ0n) is 8.17. The van der Waals surface area contributed by atoms with Crippen LogP contribution in [-0.4, -0.2) is 11.5 Å². The van der Waals surface area contributed by atoms with Crippen molar-refractivity contribution in [3.8, 4) is 12.3 Å². The van der Waals surface area contributed by atoms with Crippen LogP contribution in [0.4, 0.5) is 11.4 Å². The molecule has 0 saturated heterocycles. The van der Waals surface area contributed by atoms with Crippen molar-refractivity contribution in [1.82, 2.24) is 0 Å². The first kappa shape index (κ1) is 12.6. The van der Waals surface area contributed by atoms with Gasteiger partial charge < -0.3 is 5.32 Å². The van der Waals surface area contributed by atoms with Gasteiger partial charge in [0.15, 0.2) is 0 Å². The topological polar surface area (TPSA) is 55.2 Å². The minimum absolute atomic E-state index is 0.141. The molecule has 0 atom stereocenters. The highest BCUT2D eigenvalue weighted by Crippen LogP contribution is 2.34. The predicted octanol–water partition coefficient (Wildman–Crippen LogP) is 3.34. The second-order valence-electron chi connectivity index (χ2n) is 2.92. The number of hydrogen-bond acceptors (Lipinski definition) is 3. The van der Waals surface area contributed by atoms with Crippen molar-refractivity contribution in [2.24, 2.45) is 0 Å². The summed E-state index contributed by atoms with van der Waals surface area (Å²) >= 11 is 11.7. The predicted molar refractivity (Wildman–Crippen MR) is 65.1 cm³/mol. The molecule has 0 bridgehead atoms. The van der Waals surface area contributed by atoms with E-state index < -0.39 is 4.92 Å². The third kappa shape index (κ3) is 3.02. The van der Waals surface area contributed by atoms with Crippen LogP contribution in [0, 0.1) is 22.5 Å². The molecule has 6 heteroatoms. The van der Waals surface area contributed by atoms with Crippen molar-refractivity contribution in [2.75, 3.05) is 11.9 Å². The SMILES string of the molecule is C#CCCNc1c(Cl)cc([N+](=O)[O-])cc1Cl. The molecule has 0 aliphatic rings. The molecule has 0 aromatic heterocycles. The zero-order chi connectivity index (χ0) is 12.1. The third-order valence-corrected chi connectivity index (χ3v) is 2.40. The minimum atomic E-state index is -0.553. The van der Waals surface area contributed by atoms with Crippen molar-refractivity contribution >= 4 is 34.6 Å². The maximum Gasteiger partial charge on any atom is 0.272 e. The van der Waals surface area contributed by atoms with Gasteiger partial charge in [-0.2, -0.15) is 0 Å². The highest BCUT2D eigenvalue weighted by molar-refractivity contribution is 6.39. The average molecular weight is 259 g/mol. The summed E-state index contributed by atoms with van der Waals surface area (Å²) in [4.78, 5) is 9.97. The van der Waals surface area contributed by atoms with E-state index in [9.17, 15) is 10.1 Å². The smallest absolute Gasteiger partial charge is 0.272 e. The van der Waals surface area contributed by atoms with Crippen LogP contribution in [0.2, 0.25) is 10.0 Å². The fraction of sp³-hybridized carbons (Fsp3) is 0.200. The third-order valence-electron chi connectivity index (χ3n) is 1.81. The molecule has 0 amide bonds. The van der Waals surface area contributed by atoms with Gasteiger partial charge in [-0.15, -0.1) is 12.3 Å². The number of rotatable bonds is 4. The van der Waals surface area contributed by atoms with Gasteiger partial charge in [0.1, 0.15) is 0 Å². The van der Waals surface area contributed by atoms with Crippen LogP contribution in [0.5, 0.6) is 0 Å². The molecule has 84 valence electrons. The van der Waals surface area contributed by atoms with Gasteiger partial charge in [-0.05, 0) is 0 Å². The van der Waals surface area contributed by atoms with E-state index in [-0.39, 0.29) is 15.7 Å². The summed E-state index contributed by atoms with van der Waals surface area (Å²) in [6.07, 6.45) is 5.60. The van der Waals surface area contributed by atoms with Gasteiger partial charge in [-0.3, -0.25) is 10.1 Å². The summed E-state index contributed by atoms with van der Waals surface area (Å²) in [6.45, 7) is 0.508. The number of hydrogen-bond donors (Lipinski definition) is 1. The number of anilines is 1. The molecule has 0 radical (unpaired) electrons. The molecule has 0 unspecified atom stereocenters. The molecular formula is C10H8Cl2N2O2. The van der Waals surface area contributed by atoms with E-state index in [1.54, 1.807) is 0 Å². The molecule has 0 aliphatic carbocycles. The van der Waals surface area contributed by atoms with Crippen LogP contribution in [-0.2, 0) is 0 Å². The number of halogens is 2. The highest BCUT2D eigenvalue weighted by atomic mass is 35.5. The van der Waals surface area contributed by atoms with E-state index in [0.717, 1.165) is 0 Å². The van der Waals surface area contributed by atoms with Crippen LogP contribution < -0.4 is 5.32 Å². The van der Waals surface area contributed by atoms with Crippen LogP contribution in [0.1, 0.15) is 6.42 Å². The van der Waals surface area contributed by atoms with Crippen molar-refractivity contribution in [3.63, 3.8) is 0 Å². The van der Waals surface area contributed by atoms with Gasteiger partial charge in [-0.1, -0.05) is 23.2 Å². The molecule has 1 aromatic rings. The summed E-state index contributed by atoms with van der Waals surface area (Å²) in [5.41, 5.74) is 0.321.